The van der Waals surface area contributed by atoms with Crippen molar-refractivity contribution < 1.29 is 23.8 Å². The highest BCUT2D eigenvalue weighted by Crippen LogP contribution is 2.30. The van der Waals surface area contributed by atoms with E-state index in [4.69, 9.17) is 16.3 Å². The van der Waals surface area contributed by atoms with Crippen molar-refractivity contribution in [1.82, 2.24) is 0 Å². The van der Waals surface area contributed by atoms with E-state index in [1.54, 1.807) is 0 Å². The average Bonchev–Trinajstić information content (AvgIpc) is 2.29. The highest BCUT2D eigenvalue weighted by Gasteiger charge is 2.23. The number of rotatable bonds is 3. The topological polar surface area (TPSA) is 55.8 Å². The maximum Gasteiger partial charge on any atom is 0.339 e. The number of benzene rings is 1. The summed E-state index contributed by atoms with van der Waals surface area (Å²) in [6.45, 7) is 0. The average molecular weight is 249 g/mol. The zero-order chi connectivity index (χ0) is 12.3. The molecular weight excluding hydrogens is 239 g/mol. The summed E-state index contributed by atoms with van der Waals surface area (Å²) in [6, 6.07) is 2.11. The van der Waals surface area contributed by atoms with E-state index < -0.39 is 17.9 Å². The van der Waals surface area contributed by atoms with Crippen LogP contribution in [0.5, 0.6) is 5.75 Å². The number of carbonyl (C=O) groups is 1. The maximum absolute atomic E-state index is 13.5. The molecule has 4 nitrogen and oxygen atoms in total. The fraction of sp³-hybridized carbons (Fsp3) is 0.300. The van der Waals surface area contributed by atoms with Crippen molar-refractivity contribution >= 4 is 17.6 Å². The van der Waals surface area contributed by atoms with Gasteiger partial charge < -0.3 is 14.6 Å². The zero-order valence-electron chi connectivity index (χ0n) is 8.66. The molecule has 0 aliphatic heterocycles. The Labute approximate surface area is 96.5 Å². The Morgan fingerprint density at radius 3 is 2.62 bits per heavy atom. The van der Waals surface area contributed by atoms with Gasteiger partial charge in [0.1, 0.15) is 11.6 Å². The molecule has 0 spiro atoms. The first-order valence-corrected chi connectivity index (χ1v) is 4.68. The van der Waals surface area contributed by atoms with E-state index in [1.165, 1.54) is 7.11 Å². The van der Waals surface area contributed by atoms with Crippen LogP contribution in [0.3, 0.4) is 0 Å². The van der Waals surface area contributed by atoms with Gasteiger partial charge in [-0.2, -0.15) is 0 Å². The summed E-state index contributed by atoms with van der Waals surface area (Å²) in [5.41, 5.74) is -0.252. The third-order valence-electron chi connectivity index (χ3n) is 1.99. The number of ether oxygens (including phenoxy) is 2. The molecular formula is C10H10ClFO4. The molecule has 88 valence electrons. The van der Waals surface area contributed by atoms with E-state index in [0.717, 1.165) is 19.2 Å². The van der Waals surface area contributed by atoms with Crippen LogP contribution >= 0.6 is 11.6 Å². The van der Waals surface area contributed by atoms with Gasteiger partial charge >= 0.3 is 5.97 Å². The molecule has 0 fully saturated rings. The van der Waals surface area contributed by atoms with Crippen LogP contribution in [-0.2, 0) is 9.53 Å². The summed E-state index contributed by atoms with van der Waals surface area (Å²) in [5.74, 6) is -1.63. The second-order valence-electron chi connectivity index (χ2n) is 2.93. The summed E-state index contributed by atoms with van der Waals surface area (Å²) in [4.78, 5) is 11.0. The van der Waals surface area contributed by atoms with Gasteiger partial charge in [0.05, 0.1) is 19.2 Å². The van der Waals surface area contributed by atoms with E-state index in [-0.39, 0.29) is 16.3 Å². The van der Waals surface area contributed by atoms with Crippen molar-refractivity contribution in [2.75, 3.05) is 14.2 Å². The van der Waals surface area contributed by atoms with Gasteiger partial charge in [0.2, 0.25) is 0 Å². The van der Waals surface area contributed by atoms with Gasteiger partial charge in [-0.1, -0.05) is 11.6 Å². The number of hydrogen-bond acceptors (Lipinski definition) is 4. The monoisotopic (exact) mass is 248 g/mol. The van der Waals surface area contributed by atoms with E-state index in [9.17, 15) is 14.3 Å². The lowest BCUT2D eigenvalue weighted by Crippen LogP contribution is -2.15. The second-order valence-corrected chi connectivity index (χ2v) is 3.34. The standard InChI is InChI=1S/C10H10ClFO4/c1-15-8-4-7(12)5(3-6(8)11)9(13)10(14)16-2/h3-4,9,13H,1-2H3. The SMILES string of the molecule is COC(=O)C(O)c1cc(Cl)c(OC)cc1F. The molecule has 0 aliphatic carbocycles. The minimum atomic E-state index is -1.70. The van der Waals surface area contributed by atoms with Crippen LogP contribution in [0, 0.1) is 5.82 Å². The third kappa shape index (κ3) is 2.43. The molecule has 0 radical (unpaired) electrons. The highest BCUT2D eigenvalue weighted by molar-refractivity contribution is 6.32. The molecule has 0 aliphatic rings. The Hall–Kier alpha value is -1.33. The third-order valence-corrected chi connectivity index (χ3v) is 2.29. The number of methoxy groups -OCH3 is 2. The normalized spacial score (nSPS) is 12.1. The predicted molar refractivity (Wildman–Crippen MR) is 54.9 cm³/mol. The van der Waals surface area contributed by atoms with Gasteiger partial charge in [-0.25, -0.2) is 9.18 Å². The van der Waals surface area contributed by atoms with Gasteiger partial charge in [0, 0.05) is 11.6 Å². The van der Waals surface area contributed by atoms with Crippen LogP contribution in [0.1, 0.15) is 11.7 Å². The second kappa shape index (κ2) is 5.14. The molecule has 0 amide bonds. The summed E-state index contributed by atoms with van der Waals surface area (Å²) < 4.78 is 22.5. The largest absolute Gasteiger partial charge is 0.495 e. The number of aliphatic hydroxyl groups excluding tert-OH is 1. The van der Waals surface area contributed by atoms with Crippen LogP contribution in [0.25, 0.3) is 0 Å². The molecule has 1 aromatic carbocycles. The van der Waals surface area contributed by atoms with Gasteiger partial charge in [-0.05, 0) is 6.07 Å². The Bertz CT molecular complexity index is 408. The predicted octanol–water partition coefficient (Wildman–Crippen LogP) is 1.69. The van der Waals surface area contributed by atoms with Crippen molar-refractivity contribution in [3.05, 3.63) is 28.5 Å². The minimum Gasteiger partial charge on any atom is -0.495 e. The van der Waals surface area contributed by atoms with Crippen LogP contribution in [0.15, 0.2) is 12.1 Å². The van der Waals surface area contributed by atoms with Gasteiger partial charge in [-0.3, -0.25) is 0 Å². The highest BCUT2D eigenvalue weighted by atomic mass is 35.5. The van der Waals surface area contributed by atoms with Crippen molar-refractivity contribution in [3.63, 3.8) is 0 Å². The molecule has 0 heterocycles. The molecule has 0 bridgehead atoms. The number of esters is 1. The van der Waals surface area contributed by atoms with Crippen molar-refractivity contribution in [2.45, 2.75) is 6.10 Å². The zero-order valence-corrected chi connectivity index (χ0v) is 9.42. The number of hydrogen-bond donors (Lipinski definition) is 1. The summed E-state index contributed by atoms with van der Waals surface area (Å²) >= 11 is 5.74. The van der Waals surface area contributed by atoms with Crippen molar-refractivity contribution in [2.24, 2.45) is 0 Å². The molecule has 1 rings (SSSR count). The van der Waals surface area contributed by atoms with Crippen molar-refractivity contribution in [1.29, 1.82) is 0 Å². The molecule has 0 aromatic heterocycles. The van der Waals surface area contributed by atoms with E-state index in [2.05, 4.69) is 4.74 Å². The quantitative estimate of drug-likeness (QED) is 0.827. The summed E-state index contributed by atoms with van der Waals surface area (Å²) in [7, 11) is 2.42. The van der Waals surface area contributed by atoms with Crippen molar-refractivity contribution in [3.8, 4) is 5.75 Å². The minimum absolute atomic E-state index is 0.0989. The molecule has 1 atom stereocenters. The Balaban J connectivity index is 3.15. The first-order valence-electron chi connectivity index (χ1n) is 4.30. The molecule has 6 heteroatoms. The fourth-order valence-electron chi connectivity index (χ4n) is 1.15. The molecule has 1 N–H and O–H groups in total. The summed E-state index contributed by atoms with van der Waals surface area (Å²) in [5, 5.41) is 9.54. The fourth-order valence-corrected chi connectivity index (χ4v) is 1.40. The number of halogens is 2. The Kier molecular flexibility index (Phi) is 4.09. The lowest BCUT2D eigenvalue weighted by Gasteiger charge is -2.11. The maximum atomic E-state index is 13.5. The molecule has 0 saturated heterocycles. The Morgan fingerprint density at radius 1 is 1.50 bits per heavy atom. The summed E-state index contributed by atoms with van der Waals surface area (Å²) in [6.07, 6.45) is -1.70. The van der Waals surface area contributed by atoms with Crippen LogP contribution < -0.4 is 4.74 Å². The smallest absolute Gasteiger partial charge is 0.339 e. The van der Waals surface area contributed by atoms with E-state index >= 15 is 0 Å². The lowest BCUT2D eigenvalue weighted by molar-refractivity contribution is -0.150. The molecule has 1 unspecified atom stereocenters. The van der Waals surface area contributed by atoms with Crippen LogP contribution in [0.4, 0.5) is 4.39 Å². The number of aliphatic hydroxyl groups is 1. The van der Waals surface area contributed by atoms with Gasteiger partial charge in [0.25, 0.3) is 0 Å². The first kappa shape index (κ1) is 12.7. The number of carbonyl (C=O) groups excluding carboxylic acids is 1. The van der Waals surface area contributed by atoms with Gasteiger partial charge in [0.15, 0.2) is 6.10 Å². The van der Waals surface area contributed by atoms with E-state index in [1.807, 2.05) is 0 Å². The van der Waals surface area contributed by atoms with Crippen LogP contribution in [0.2, 0.25) is 5.02 Å². The molecule has 16 heavy (non-hydrogen) atoms. The Morgan fingerprint density at radius 2 is 2.12 bits per heavy atom. The first-order chi connectivity index (χ1) is 7.51. The molecule has 0 saturated carbocycles. The van der Waals surface area contributed by atoms with Gasteiger partial charge in [-0.15, -0.1) is 0 Å². The van der Waals surface area contributed by atoms with Crippen LogP contribution in [-0.4, -0.2) is 25.3 Å². The van der Waals surface area contributed by atoms with E-state index in [0.29, 0.717) is 0 Å². The lowest BCUT2D eigenvalue weighted by atomic mass is 10.1. The molecule has 1 aromatic rings.